The van der Waals surface area contributed by atoms with E-state index in [0.29, 0.717) is 0 Å². The van der Waals surface area contributed by atoms with Crippen LogP contribution in [0.3, 0.4) is 0 Å². The zero-order valence-electron chi connectivity index (χ0n) is 8.54. The fourth-order valence-corrected chi connectivity index (χ4v) is 2.25. The van der Waals surface area contributed by atoms with Crippen LogP contribution < -0.4 is 0 Å². The second kappa shape index (κ2) is 3.94. The van der Waals surface area contributed by atoms with E-state index in [4.69, 9.17) is 12.2 Å². The van der Waals surface area contributed by atoms with Gasteiger partial charge in [0.15, 0.2) is 4.77 Å². The van der Waals surface area contributed by atoms with Crippen LogP contribution in [0.4, 0.5) is 0 Å². The number of rotatable bonds is 1. The second-order valence-electron chi connectivity index (χ2n) is 3.57. The molecule has 0 fully saturated rings. The number of aryl methyl sites for hydroxylation is 2. The van der Waals surface area contributed by atoms with Crippen LogP contribution in [0.5, 0.6) is 0 Å². The van der Waals surface area contributed by atoms with Crippen LogP contribution in [0.1, 0.15) is 11.3 Å². The van der Waals surface area contributed by atoms with Gasteiger partial charge in [0.1, 0.15) is 0 Å². The first-order valence-electron chi connectivity index (χ1n) is 4.63. The molecule has 0 saturated carbocycles. The van der Waals surface area contributed by atoms with Gasteiger partial charge in [0.2, 0.25) is 0 Å². The molecule has 0 aliphatic heterocycles. The standard InChI is InChI=1S/C11H11BrN2S/c1-7-3-4-9(12)10(5-7)14-6-8(2)13-11(14)15/h3-6H,1-2H3,(H,13,15). The third-order valence-corrected chi connectivity index (χ3v) is 3.18. The topological polar surface area (TPSA) is 20.7 Å². The summed E-state index contributed by atoms with van der Waals surface area (Å²) in [7, 11) is 0. The van der Waals surface area contributed by atoms with Crippen molar-refractivity contribution in [2.24, 2.45) is 0 Å². The van der Waals surface area contributed by atoms with Gasteiger partial charge in [0.05, 0.1) is 5.69 Å². The van der Waals surface area contributed by atoms with E-state index >= 15 is 0 Å². The summed E-state index contributed by atoms with van der Waals surface area (Å²) in [4.78, 5) is 3.11. The van der Waals surface area contributed by atoms with Crippen LogP contribution in [0.2, 0.25) is 0 Å². The highest BCUT2D eigenvalue weighted by atomic mass is 79.9. The molecule has 2 nitrogen and oxygen atoms in total. The molecule has 1 aromatic carbocycles. The van der Waals surface area contributed by atoms with Crippen molar-refractivity contribution in [1.29, 1.82) is 0 Å². The van der Waals surface area contributed by atoms with Crippen LogP contribution >= 0.6 is 28.1 Å². The largest absolute Gasteiger partial charge is 0.335 e. The summed E-state index contributed by atoms with van der Waals surface area (Å²) in [5, 5.41) is 0. The molecule has 0 atom stereocenters. The Hall–Kier alpha value is -0.870. The summed E-state index contributed by atoms with van der Waals surface area (Å²) in [5.41, 5.74) is 3.35. The Balaban J connectivity index is 2.68. The van der Waals surface area contributed by atoms with Gasteiger partial charge in [-0.25, -0.2) is 0 Å². The van der Waals surface area contributed by atoms with E-state index in [0.717, 1.165) is 20.6 Å². The fourth-order valence-electron chi connectivity index (χ4n) is 1.50. The minimum Gasteiger partial charge on any atom is -0.335 e. The quantitative estimate of drug-likeness (QED) is 0.787. The highest BCUT2D eigenvalue weighted by Crippen LogP contribution is 2.22. The number of hydrogen-bond donors (Lipinski definition) is 1. The van der Waals surface area contributed by atoms with Gasteiger partial charge in [-0.2, -0.15) is 0 Å². The number of imidazole rings is 1. The first-order chi connectivity index (χ1) is 7.08. The molecule has 1 N–H and O–H groups in total. The Morgan fingerprint density at radius 2 is 2.07 bits per heavy atom. The van der Waals surface area contributed by atoms with E-state index in [1.165, 1.54) is 5.56 Å². The van der Waals surface area contributed by atoms with Gasteiger partial charge >= 0.3 is 0 Å². The predicted octanol–water partition coefficient (Wildman–Crippen LogP) is 3.91. The molecule has 4 heteroatoms. The Morgan fingerprint density at radius 1 is 1.33 bits per heavy atom. The van der Waals surface area contributed by atoms with Crippen molar-refractivity contribution in [3.8, 4) is 5.69 Å². The van der Waals surface area contributed by atoms with E-state index in [2.05, 4.69) is 40.0 Å². The number of aromatic nitrogens is 2. The number of benzene rings is 1. The molecule has 2 rings (SSSR count). The zero-order valence-corrected chi connectivity index (χ0v) is 10.9. The third-order valence-electron chi connectivity index (χ3n) is 2.21. The SMILES string of the molecule is Cc1ccc(Br)c(-n2cc(C)[nH]c2=S)c1. The Kier molecular flexibility index (Phi) is 2.80. The summed E-state index contributed by atoms with van der Waals surface area (Å²) in [5.74, 6) is 0. The lowest BCUT2D eigenvalue weighted by molar-refractivity contribution is 1.02. The lowest BCUT2D eigenvalue weighted by Gasteiger charge is -2.06. The molecular weight excluding hydrogens is 272 g/mol. The molecule has 1 aromatic heterocycles. The average Bonchev–Trinajstić information content (AvgIpc) is 2.50. The molecule has 0 aliphatic rings. The van der Waals surface area contributed by atoms with Crippen molar-refractivity contribution in [3.05, 3.63) is 44.9 Å². The van der Waals surface area contributed by atoms with Crippen molar-refractivity contribution in [2.45, 2.75) is 13.8 Å². The highest BCUT2D eigenvalue weighted by Gasteiger charge is 2.04. The first-order valence-corrected chi connectivity index (χ1v) is 5.83. The fraction of sp³-hybridized carbons (Fsp3) is 0.182. The van der Waals surface area contributed by atoms with Gasteiger partial charge in [-0.05, 0) is 59.7 Å². The maximum atomic E-state index is 5.24. The first kappa shape index (κ1) is 10.6. The molecule has 0 unspecified atom stereocenters. The minimum atomic E-state index is 0.721. The zero-order chi connectivity index (χ0) is 11.0. The molecule has 15 heavy (non-hydrogen) atoms. The molecule has 0 bridgehead atoms. The van der Waals surface area contributed by atoms with Gasteiger partial charge in [0.25, 0.3) is 0 Å². The molecule has 0 aliphatic carbocycles. The number of nitrogens with zero attached hydrogens (tertiary/aromatic N) is 1. The van der Waals surface area contributed by atoms with E-state index < -0.39 is 0 Å². The Labute approximate surface area is 102 Å². The van der Waals surface area contributed by atoms with E-state index in [9.17, 15) is 0 Å². The van der Waals surface area contributed by atoms with E-state index in [1.807, 2.05) is 23.8 Å². The van der Waals surface area contributed by atoms with Crippen LogP contribution in [-0.4, -0.2) is 9.55 Å². The number of nitrogens with one attached hydrogen (secondary N) is 1. The molecular formula is C11H11BrN2S. The second-order valence-corrected chi connectivity index (χ2v) is 4.81. The number of aromatic amines is 1. The van der Waals surface area contributed by atoms with Crippen LogP contribution in [0.15, 0.2) is 28.9 Å². The maximum absolute atomic E-state index is 5.24. The van der Waals surface area contributed by atoms with Gasteiger partial charge in [-0.1, -0.05) is 6.07 Å². The highest BCUT2D eigenvalue weighted by molar-refractivity contribution is 9.10. The Bertz CT molecular complexity index is 554. The Morgan fingerprint density at radius 3 is 2.67 bits per heavy atom. The number of halogens is 1. The van der Waals surface area contributed by atoms with Crippen molar-refractivity contribution < 1.29 is 0 Å². The van der Waals surface area contributed by atoms with Gasteiger partial charge < -0.3 is 4.98 Å². The van der Waals surface area contributed by atoms with Crippen molar-refractivity contribution >= 4 is 28.1 Å². The molecule has 0 saturated heterocycles. The molecule has 2 aromatic rings. The molecule has 0 radical (unpaired) electrons. The molecule has 78 valence electrons. The van der Waals surface area contributed by atoms with E-state index in [-0.39, 0.29) is 0 Å². The molecule has 0 spiro atoms. The smallest absolute Gasteiger partial charge is 0.182 e. The van der Waals surface area contributed by atoms with Gasteiger partial charge in [0, 0.05) is 16.4 Å². The predicted molar refractivity (Wildman–Crippen MR) is 68.1 cm³/mol. The summed E-state index contributed by atoms with van der Waals surface area (Å²) in [6, 6.07) is 6.21. The summed E-state index contributed by atoms with van der Waals surface area (Å²) >= 11 is 8.77. The van der Waals surface area contributed by atoms with Crippen molar-refractivity contribution in [1.82, 2.24) is 9.55 Å². The lowest BCUT2D eigenvalue weighted by atomic mass is 10.2. The van der Waals surface area contributed by atoms with Crippen LogP contribution in [0, 0.1) is 18.6 Å². The van der Waals surface area contributed by atoms with Crippen molar-refractivity contribution in [3.63, 3.8) is 0 Å². The van der Waals surface area contributed by atoms with E-state index in [1.54, 1.807) is 0 Å². The normalized spacial score (nSPS) is 10.6. The maximum Gasteiger partial charge on any atom is 0.182 e. The molecule has 1 heterocycles. The van der Waals surface area contributed by atoms with Crippen LogP contribution in [0.25, 0.3) is 5.69 Å². The monoisotopic (exact) mass is 282 g/mol. The molecule has 0 amide bonds. The van der Waals surface area contributed by atoms with Crippen LogP contribution in [-0.2, 0) is 0 Å². The average molecular weight is 283 g/mol. The lowest BCUT2D eigenvalue weighted by Crippen LogP contribution is -1.94. The van der Waals surface area contributed by atoms with Gasteiger partial charge in [-0.3, -0.25) is 4.57 Å². The summed E-state index contributed by atoms with van der Waals surface area (Å²) < 4.78 is 3.74. The third kappa shape index (κ3) is 2.06. The van der Waals surface area contributed by atoms with Crippen molar-refractivity contribution in [2.75, 3.05) is 0 Å². The number of H-pyrrole nitrogens is 1. The summed E-state index contributed by atoms with van der Waals surface area (Å²) in [6.07, 6.45) is 2.00. The number of hydrogen-bond acceptors (Lipinski definition) is 1. The van der Waals surface area contributed by atoms with Gasteiger partial charge in [-0.15, -0.1) is 0 Å². The summed E-state index contributed by atoms with van der Waals surface area (Å²) in [6.45, 7) is 4.06. The minimum absolute atomic E-state index is 0.721.